The summed E-state index contributed by atoms with van der Waals surface area (Å²) in [5.41, 5.74) is 6.18. The fourth-order valence-corrected chi connectivity index (χ4v) is 2.43. The summed E-state index contributed by atoms with van der Waals surface area (Å²) in [6.45, 7) is 6.48. The van der Waals surface area contributed by atoms with Crippen molar-refractivity contribution in [3.63, 3.8) is 0 Å². The molecule has 1 rings (SSSR count). The molecule has 0 amide bonds. The van der Waals surface area contributed by atoms with Crippen LogP contribution >= 0.6 is 0 Å². The van der Waals surface area contributed by atoms with Crippen LogP contribution < -0.4 is 5.73 Å². The molecule has 0 fully saturated rings. The minimum Gasteiger partial charge on any atom is -0.399 e. The van der Waals surface area contributed by atoms with Crippen molar-refractivity contribution in [2.75, 3.05) is 20.0 Å². The third-order valence-corrected chi connectivity index (χ3v) is 4.50. The summed E-state index contributed by atoms with van der Waals surface area (Å²) in [6.07, 6.45) is 9.27. The number of rotatable bonds is 10. The zero-order valence-corrected chi connectivity index (χ0v) is 15.8. The lowest BCUT2D eigenvalue weighted by molar-refractivity contribution is -0.224. The third kappa shape index (κ3) is 10.4. The lowest BCUT2D eigenvalue weighted by atomic mass is 9.94. The van der Waals surface area contributed by atoms with Gasteiger partial charge in [0.15, 0.2) is 5.79 Å². The maximum absolute atomic E-state index is 5.42. The molecule has 0 radical (unpaired) electrons. The molecule has 134 valence electrons. The van der Waals surface area contributed by atoms with Crippen LogP contribution in [0.25, 0.3) is 0 Å². The molecular formula is C20H37NO2. The van der Waals surface area contributed by atoms with Gasteiger partial charge in [0.05, 0.1) is 0 Å². The number of methoxy groups -OCH3 is 2. The summed E-state index contributed by atoms with van der Waals surface area (Å²) < 4.78 is 10.8. The largest absolute Gasteiger partial charge is 0.399 e. The molecule has 1 atom stereocenters. The number of para-hydroxylation sites is 1. The Morgan fingerprint density at radius 1 is 0.957 bits per heavy atom. The van der Waals surface area contributed by atoms with Crippen LogP contribution in [0.2, 0.25) is 0 Å². The van der Waals surface area contributed by atoms with Crippen LogP contribution in [0.5, 0.6) is 0 Å². The van der Waals surface area contributed by atoms with Gasteiger partial charge in [-0.15, -0.1) is 0 Å². The molecule has 0 aliphatic heterocycles. The van der Waals surface area contributed by atoms with Gasteiger partial charge in [-0.05, 0) is 25.5 Å². The summed E-state index contributed by atoms with van der Waals surface area (Å²) in [4.78, 5) is 0. The van der Waals surface area contributed by atoms with E-state index in [-0.39, 0.29) is 0 Å². The van der Waals surface area contributed by atoms with Crippen LogP contribution in [0, 0.1) is 5.92 Å². The highest BCUT2D eigenvalue weighted by Gasteiger charge is 2.29. The van der Waals surface area contributed by atoms with Crippen molar-refractivity contribution in [3.05, 3.63) is 30.3 Å². The van der Waals surface area contributed by atoms with E-state index in [9.17, 15) is 0 Å². The number of ether oxygens (including phenoxy) is 2. The predicted molar refractivity (Wildman–Crippen MR) is 100 cm³/mol. The standard InChI is InChI=1S/C14H30O2.C6H7N/c1-6-7-8-9-10-11-12-13(2)14(3,15-4)16-5;7-6-4-2-1-3-5-6/h13H,6-12H2,1-5H3;1-5H,7H2. The van der Waals surface area contributed by atoms with Gasteiger partial charge in [-0.25, -0.2) is 0 Å². The average Bonchev–Trinajstić information content (AvgIpc) is 2.58. The first-order chi connectivity index (χ1) is 11.0. The van der Waals surface area contributed by atoms with Gasteiger partial charge in [-0.2, -0.15) is 0 Å². The Morgan fingerprint density at radius 2 is 1.48 bits per heavy atom. The highest BCUT2D eigenvalue weighted by atomic mass is 16.7. The topological polar surface area (TPSA) is 44.5 Å². The second-order valence-electron chi connectivity index (χ2n) is 6.29. The van der Waals surface area contributed by atoms with Gasteiger partial charge in [-0.3, -0.25) is 0 Å². The molecule has 3 heteroatoms. The quantitative estimate of drug-likeness (QED) is 0.344. The number of unbranched alkanes of at least 4 members (excludes halogenated alkanes) is 5. The zero-order valence-electron chi connectivity index (χ0n) is 15.8. The van der Waals surface area contributed by atoms with Crippen molar-refractivity contribution in [1.29, 1.82) is 0 Å². The van der Waals surface area contributed by atoms with Gasteiger partial charge in [0.25, 0.3) is 0 Å². The molecule has 0 saturated heterocycles. The van der Waals surface area contributed by atoms with E-state index in [2.05, 4.69) is 13.8 Å². The Bertz CT molecular complexity index is 363. The fraction of sp³-hybridized carbons (Fsp3) is 0.700. The Labute approximate surface area is 143 Å². The van der Waals surface area contributed by atoms with Gasteiger partial charge in [-0.1, -0.05) is 70.6 Å². The monoisotopic (exact) mass is 323 g/mol. The van der Waals surface area contributed by atoms with E-state index in [1.807, 2.05) is 37.3 Å². The number of anilines is 1. The van der Waals surface area contributed by atoms with E-state index in [1.54, 1.807) is 14.2 Å². The maximum Gasteiger partial charge on any atom is 0.167 e. The highest BCUT2D eigenvalue weighted by molar-refractivity contribution is 5.35. The number of nitrogens with two attached hydrogens (primary N) is 1. The smallest absolute Gasteiger partial charge is 0.167 e. The predicted octanol–water partition coefficient (Wildman–Crippen LogP) is 5.65. The summed E-state index contributed by atoms with van der Waals surface area (Å²) in [5, 5.41) is 0. The van der Waals surface area contributed by atoms with E-state index in [0.29, 0.717) is 5.92 Å². The van der Waals surface area contributed by atoms with Crippen LogP contribution in [-0.2, 0) is 9.47 Å². The maximum atomic E-state index is 5.42. The molecule has 0 aliphatic carbocycles. The molecule has 3 nitrogen and oxygen atoms in total. The molecule has 23 heavy (non-hydrogen) atoms. The number of hydrogen-bond acceptors (Lipinski definition) is 3. The van der Waals surface area contributed by atoms with Crippen molar-refractivity contribution in [2.45, 2.75) is 71.5 Å². The van der Waals surface area contributed by atoms with Crippen molar-refractivity contribution < 1.29 is 9.47 Å². The number of hydrogen-bond donors (Lipinski definition) is 1. The first kappa shape index (κ1) is 21.9. The first-order valence-electron chi connectivity index (χ1n) is 8.91. The van der Waals surface area contributed by atoms with Crippen LogP contribution in [0.4, 0.5) is 5.69 Å². The molecule has 1 aromatic carbocycles. The summed E-state index contributed by atoms with van der Waals surface area (Å²) in [7, 11) is 3.45. The van der Waals surface area contributed by atoms with Crippen molar-refractivity contribution >= 4 is 5.69 Å². The van der Waals surface area contributed by atoms with Gasteiger partial charge in [0.1, 0.15) is 0 Å². The summed E-state index contributed by atoms with van der Waals surface area (Å²) >= 11 is 0. The van der Waals surface area contributed by atoms with Crippen LogP contribution in [-0.4, -0.2) is 20.0 Å². The molecule has 1 unspecified atom stereocenters. The Kier molecular flexibility index (Phi) is 12.8. The molecule has 0 spiro atoms. The minimum absolute atomic E-state index is 0.413. The molecule has 2 N–H and O–H groups in total. The van der Waals surface area contributed by atoms with Crippen molar-refractivity contribution in [3.8, 4) is 0 Å². The van der Waals surface area contributed by atoms with Crippen LogP contribution in [0.3, 0.4) is 0 Å². The second kappa shape index (κ2) is 13.4. The van der Waals surface area contributed by atoms with E-state index in [1.165, 1.54) is 44.9 Å². The first-order valence-corrected chi connectivity index (χ1v) is 8.91. The summed E-state index contributed by atoms with van der Waals surface area (Å²) in [6, 6.07) is 9.49. The average molecular weight is 324 g/mol. The third-order valence-electron chi connectivity index (χ3n) is 4.50. The Balaban J connectivity index is 0.000000568. The Hall–Kier alpha value is -1.06. The highest BCUT2D eigenvalue weighted by Crippen LogP contribution is 2.26. The molecule has 0 bridgehead atoms. The normalized spacial score (nSPS) is 12.4. The van der Waals surface area contributed by atoms with Crippen molar-refractivity contribution in [1.82, 2.24) is 0 Å². The molecular weight excluding hydrogens is 286 g/mol. The van der Waals surface area contributed by atoms with Gasteiger partial charge < -0.3 is 15.2 Å². The minimum atomic E-state index is -0.413. The van der Waals surface area contributed by atoms with Gasteiger partial charge >= 0.3 is 0 Å². The zero-order chi connectivity index (χ0) is 17.6. The molecule has 0 aromatic heterocycles. The second-order valence-corrected chi connectivity index (χ2v) is 6.29. The van der Waals surface area contributed by atoms with E-state index in [0.717, 1.165) is 5.69 Å². The van der Waals surface area contributed by atoms with E-state index in [4.69, 9.17) is 15.2 Å². The number of nitrogen functional groups attached to an aromatic ring is 1. The van der Waals surface area contributed by atoms with Gasteiger partial charge in [0, 0.05) is 25.8 Å². The van der Waals surface area contributed by atoms with Crippen molar-refractivity contribution in [2.24, 2.45) is 5.92 Å². The lowest BCUT2D eigenvalue weighted by Crippen LogP contribution is -2.37. The summed E-state index contributed by atoms with van der Waals surface area (Å²) in [5.74, 6) is 0.0392. The number of benzene rings is 1. The molecule has 0 saturated carbocycles. The van der Waals surface area contributed by atoms with Gasteiger partial charge in [0.2, 0.25) is 0 Å². The van der Waals surface area contributed by atoms with Crippen LogP contribution in [0.15, 0.2) is 30.3 Å². The van der Waals surface area contributed by atoms with Crippen LogP contribution in [0.1, 0.15) is 65.7 Å². The SMILES string of the molecule is CCCCCCCCC(C)C(C)(OC)OC.Nc1ccccc1. The lowest BCUT2D eigenvalue weighted by Gasteiger charge is -2.32. The molecule has 1 aromatic rings. The Morgan fingerprint density at radius 3 is 1.91 bits per heavy atom. The molecule has 0 aliphatic rings. The van der Waals surface area contributed by atoms with E-state index < -0.39 is 5.79 Å². The van der Waals surface area contributed by atoms with E-state index >= 15 is 0 Å². The fourth-order valence-electron chi connectivity index (χ4n) is 2.43. The molecule has 0 heterocycles.